The van der Waals surface area contributed by atoms with Crippen LogP contribution in [0.15, 0.2) is 249 Å². The molecule has 0 saturated heterocycles. The van der Waals surface area contributed by atoms with E-state index in [2.05, 4.69) is 368 Å². The van der Waals surface area contributed by atoms with Crippen molar-refractivity contribution >= 4 is 0 Å². The highest BCUT2D eigenvalue weighted by atomic mass is 19.1. The lowest BCUT2D eigenvalue weighted by atomic mass is 10.1. The van der Waals surface area contributed by atoms with Crippen LogP contribution in [0.4, 0.5) is 8.78 Å². The summed E-state index contributed by atoms with van der Waals surface area (Å²) < 4.78 is 30.5. The van der Waals surface area contributed by atoms with Crippen LogP contribution < -0.4 is 4.74 Å². The van der Waals surface area contributed by atoms with Crippen molar-refractivity contribution in [1.29, 1.82) is 0 Å². The normalized spacial score (nSPS) is 9.29. The van der Waals surface area contributed by atoms with Gasteiger partial charge >= 0.3 is 0 Å². The maximum Gasteiger partial charge on any atom is 0.138 e. The van der Waals surface area contributed by atoms with E-state index in [9.17, 15) is 8.78 Å². The first kappa shape index (κ1) is 105. The van der Waals surface area contributed by atoms with Gasteiger partial charge in [-0.25, -0.2) is 8.78 Å². The molecule has 3 heteroatoms. The first-order chi connectivity index (χ1) is 57.0. The van der Waals surface area contributed by atoms with Gasteiger partial charge in [0.05, 0.1) is 12.7 Å². The Morgan fingerprint density at radius 1 is 0.208 bits per heavy atom. The van der Waals surface area contributed by atoms with Crippen molar-refractivity contribution in [2.24, 2.45) is 59.2 Å². The Morgan fingerprint density at radius 3 is 0.750 bits per heavy atom. The Hall–Kier alpha value is -12.5. The number of ether oxygens (including phenoxy) is 1. The quantitative estimate of drug-likeness (QED) is 0.149. The molecule has 0 aliphatic heterocycles. The van der Waals surface area contributed by atoms with Gasteiger partial charge in [0.25, 0.3) is 0 Å². The van der Waals surface area contributed by atoms with E-state index >= 15 is 0 Å². The summed E-state index contributed by atoms with van der Waals surface area (Å²) in [6.45, 7) is 54.1. The SMILES string of the molecule is CC(C)C#Cc1ccc(F)cc1.CC(C)C#Cc1ccccc1.CC(C)C#Cc1ccccc1F.COc1cccc(C#CC(C)C)c1.Cc1ccc(C#CC(C)C)cc1.Cc1ccc(C#CC(C)C)cc1.Cc1cccc(C#CC(C)C)c1.Cc1cccc(C#CC(C)C)c1.Cc1ccccc1C#CC(C)C.Cc1ccccc1C#CC(C)C. The average molecular weight is 1590 g/mol. The van der Waals surface area contributed by atoms with Crippen molar-refractivity contribution in [3.63, 3.8) is 0 Å². The summed E-state index contributed by atoms with van der Waals surface area (Å²) in [5.74, 6) is 66.3. The first-order valence-electron chi connectivity index (χ1n) is 41.7. The lowest BCUT2D eigenvalue weighted by molar-refractivity contribution is 0.414. The molecule has 10 rings (SSSR count). The smallest absolute Gasteiger partial charge is 0.138 e. The molecule has 0 spiro atoms. The second-order valence-electron chi connectivity index (χ2n) is 31.4. The van der Waals surface area contributed by atoms with Gasteiger partial charge in [-0.3, -0.25) is 0 Å². The Kier molecular flexibility index (Phi) is 55.9. The molecular formula is C117H132F2O. The third-order valence-electron chi connectivity index (χ3n) is 15.0. The number of aryl methyl sites for hydroxylation is 6. The van der Waals surface area contributed by atoms with Crippen molar-refractivity contribution in [1.82, 2.24) is 0 Å². The molecule has 0 bridgehead atoms. The lowest BCUT2D eigenvalue weighted by Crippen LogP contribution is -1.84. The summed E-state index contributed by atoms with van der Waals surface area (Å²) in [7, 11) is 1.66. The Labute approximate surface area is 728 Å². The van der Waals surface area contributed by atoms with Gasteiger partial charge in [-0.15, -0.1) is 0 Å². The van der Waals surface area contributed by atoms with Crippen LogP contribution in [-0.2, 0) is 0 Å². The third-order valence-corrected chi connectivity index (χ3v) is 15.0. The summed E-state index contributed by atoms with van der Waals surface area (Å²) in [5.41, 5.74) is 17.8. The molecule has 0 unspecified atom stereocenters. The molecular weight excluding hydrogens is 1460 g/mol. The van der Waals surface area contributed by atoms with E-state index in [1.54, 1.807) is 37.4 Å². The van der Waals surface area contributed by atoms with Crippen LogP contribution in [0.2, 0.25) is 0 Å². The van der Waals surface area contributed by atoms with Crippen molar-refractivity contribution in [2.75, 3.05) is 7.11 Å². The van der Waals surface area contributed by atoms with Crippen LogP contribution >= 0.6 is 0 Å². The largest absolute Gasteiger partial charge is 0.497 e. The summed E-state index contributed by atoms with van der Waals surface area (Å²) in [4.78, 5) is 0. The molecule has 0 radical (unpaired) electrons. The zero-order valence-corrected chi connectivity index (χ0v) is 77.1. The van der Waals surface area contributed by atoms with Gasteiger partial charge in [-0.2, -0.15) is 0 Å². The van der Waals surface area contributed by atoms with Gasteiger partial charge in [-0.1, -0.05) is 389 Å². The first-order valence-corrected chi connectivity index (χ1v) is 41.7. The van der Waals surface area contributed by atoms with Crippen LogP contribution in [0.25, 0.3) is 0 Å². The van der Waals surface area contributed by atoms with E-state index in [0.717, 1.165) is 55.8 Å². The van der Waals surface area contributed by atoms with E-state index in [4.69, 9.17) is 4.74 Å². The number of benzene rings is 10. The molecule has 10 aromatic carbocycles. The fraction of sp³-hybridized carbons (Fsp3) is 0.316. The van der Waals surface area contributed by atoms with Gasteiger partial charge in [0.1, 0.15) is 17.4 Å². The Balaban J connectivity index is 0.000000667. The monoisotopic (exact) mass is 1590 g/mol. The van der Waals surface area contributed by atoms with Gasteiger partial charge in [-0.05, 0) is 191 Å². The maximum absolute atomic E-state index is 12.9. The van der Waals surface area contributed by atoms with E-state index in [0.29, 0.717) is 58.8 Å². The van der Waals surface area contributed by atoms with Crippen LogP contribution in [0, 0.1) is 231 Å². The predicted molar refractivity (Wildman–Crippen MR) is 516 cm³/mol. The van der Waals surface area contributed by atoms with E-state index in [-0.39, 0.29) is 17.6 Å². The molecule has 120 heavy (non-hydrogen) atoms. The fourth-order valence-electron chi connectivity index (χ4n) is 8.72. The molecule has 1 nitrogen and oxygen atoms in total. The molecule has 0 aliphatic rings. The molecule has 0 aromatic heterocycles. The fourth-order valence-corrected chi connectivity index (χ4v) is 8.72. The van der Waals surface area contributed by atoms with E-state index < -0.39 is 0 Å². The average Bonchev–Trinajstić information content (AvgIpc) is 0.934. The topological polar surface area (TPSA) is 9.23 Å². The number of hydrogen-bond donors (Lipinski definition) is 0. The standard InChI is InChI=1S/C12H14O.6C12H14.2C11H11F.C11H12/c1-10(2)7-8-11-5-4-6-12(9-11)13-3;2*1-10(2)4-7-12-8-5-11(3)6-9-12;2*1-10(2)7-8-12-6-4-5-11(3)9-12;2*1-10(2)8-9-12-7-5-4-6-11(12)3;1-9(2)3-4-10-5-7-11(12)8-6-10;1-9(2)7-8-10-5-3-4-6-11(10)12;1-10(2)8-9-11-6-4-3-5-7-11/h4-6,9-10H,1-3H3;2*5-6,8-10H,1-3H3;2*4-6,9-10H,1-3H3;2*4-7,10H,1-3H3;5-9H,1-2H3;3-6,9H,1-2H3;3-7,10H,1-2H3. The second-order valence-corrected chi connectivity index (χ2v) is 31.4. The molecule has 10 aromatic rings. The number of methoxy groups -OCH3 is 1. The molecule has 0 amide bonds. The minimum absolute atomic E-state index is 0.218. The lowest BCUT2D eigenvalue weighted by Gasteiger charge is -1.98. The van der Waals surface area contributed by atoms with Crippen LogP contribution in [-0.4, -0.2) is 7.11 Å². The van der Waals surface area contributed by atoms with Gasteiger partial charge in [0, 0.05) is 109 Å². The predicted octanol–water partition coefficient (Wildman–Crippen LogP) is 29.1. The molecule has 0 fully saturated rings. The summed E-state index contributed by atoms with van der Waals surface area (Å²) in [6, 6.07) is 80.2. The molecule has 0 N–H and O–H groups in total. The Bertz CT molecular complexity index is 4880. The molecule has 0 heterocycles. The highest BCUT2D eigenvalue weighted by molar-refractivity contribution is 5.45. The summed E-state index contributed by atoms with van der Waals surface area (Å²) in [6.07, 6.45) is 0. The maximum atomic E-state index is 12.9. The molecule has 0 saturated carbocycles. The summed E-state index contributed by atoms with van der Waals surface area (Å²) >= 11 is 0. The highest BCUT2D eigenvalue weighted by Gasteiger charge is 1.99. The van der Waals surface area contributed by atoms with Crippen LogP contribution in [0.5, 0.6) is 5.75 Å². The van der Waals surface area contributed by atoms with Crippen LogP contribution in [0.1, 0.15) is 227 Å². The minimum Gasteiger partial charge on any atom is -0.497 e. The molecule has 0 aliphatic carbocycles. The minimum atomic E-state index is -0.245. The van der Waals surface area contributed by atoms with E-state index in [1.807, 2.05) is 131 Å². The number of halogens is 2. The second kappa shape index (κ2) is 63.6. The van der Waals surface area contributed by atoms with Gasteiger partial charge in [0.2, 0.25) is 0 Å². The van der Waals surface area contributed by atoms with Crippen LogP contribution in [0.3, 0.4) is 0 Å². The molecule has 0 atom stereocenters. The number of rotatable bonds is 1. The third kappa shape index (κ3) is 58.3. The van der Waals surface area contributed by atoms with Gasteiger partial charge in [0.15, 0.2) is 0 Å². The van der Waals surface area contributed by atoms with Crippen molar-refractivity contribution < 1.29 is 13.5 Å². The van der Waals surface area contributed by atoms with Crippen molar-refractivity contribution in [3.05, 3.63) is 349 Å². The zero-order valence-electron chi connectivity index (χ0n) is 77.1. The van der Waals surface area contributed by atoms with Crippen molar-refractivity contribution in [2.45, 2.75) is 180 Å². The van der Waals surface area contributed by atoms with E-state index in [1.165, 1.54) is 51.6 Å². The number of hydrogen-bond acceptors (Lipinski definition) is 1. The summed E-state index contributed by atoms with van der Waals surface area (Å²) in [5, 5.41) is 0. The van der Waals surface area contributed by atoms with Gasteiger partial charge < -0.3 is 4.74 Å². The Morgan fingerprint density at radius 2 is 0.450 bits per heavy atom. The molecule has 620 valence electrons. The highest BCUT2D eigenvalue weighted by Crippen LogP contribution is 2.14. The zero-order chi connectivity index (χ0) is 89.6. The van der Waals surface area contributed by atoms with Crippen molar-refractivity contribution in [3.8, 4) is 124 Å².